The Kier molecular flexibility index (Phi) is 4.75. The predicted octanol–water partition coefficient (Wildman–Crippen LogP) is 2.24. The van der Waals surface area contributed by atoms with Crippen LogP contribution in [0.3, 0.4) is 0 Å². The molecule has 0 spiro atoms. The van der Waals surface area contributed by atoms with Crippen molar-refractivity contribution in [2.24, 2.45) is 0 Å². The van der Waals surface area contributed by atoms with Crippen LogP contribution in [0.5, 0.6) is 0 Å². The smallest absolute Gasteiger partial charge is 0.228 e. The summed E-state index contributed by atoms with van der Waals surface area (Å²) in [5.41, 5.74) is 7.53. The molecule has 3 aromatic rings. The number of rotatable bonds is 4. The van der Waals surface area contributed by atoms with Crippen LogP contribution in [0.4, 0.5) is 27.8 Å². The van der Waals surface area contributed by atoms with E-state index in [0.29, 0.717) is 55.0 Å². The predicted molar refractivity (Wildman–Crippen MR) is 100 cm³/mol. The van der Waals surface area contributed by atoms with E-state index in [1.54, 1.807) is 30.6 Å². The Hall–Kier alpha value is -3.33. The summed E-state index contributed by atoms with van der Waals surface area (Å²) in [6, 6.07) is 7.97. The average Bonchev–Trinajstić information content (AvgIpc) is 2.69. The van der Waals surface area contributed by atoms with E-state index in [0.717, 1.165) is 0 Å². The molecule has 1 fully saturated rings. The molecule has 0 saturated carbocycles. The number of anilines is 4. The summed E-state index contributed by atoms with van der Waals surface area (Å²) >= 11 is 0. The lowest BCUT2D eigenvalue weighted by Gasteiger charge is -2.27. The zero-order valence-corrected chi connectivity index (χ0v) is 14.5. The maximum atomic E-state index is 13.5. The molecule has 138 valence electrons. The molecule has 0 radical (unpaired) electrons. The van der Waals surface area contributed by atoms with Gasteiger partial charge in [-0.15, -0.1) is 0 Å². The van der Waals surface area contributed by atoms with E-state index in [9.17, 15) is 4.39 Å². The number of hydrogen-bond donors (Lipinski definition) is 2. The van der Waals surface area contributed by atoms with Gasteiger partial charge in [0.05, 0.1) is 18.9 Å². The maximum Gasteiger partial charge on any atom is 0.228 e. The van der Waals surface area contributed by atoms with Crippen molar-refractivity contribution in [3.63, 3.8) is 0 Å². The second-order valence-electron chi connectivity index (χ2n) is 6.00. The zero-order valence-electron chi connectivity index (χ0n) is 14.5. The molecule has 0 aliphatic carbocycles. The molecule has 27 heavy (non-hydrogen) atoms. The van der Waals surface area contributed by atoms with E-state index in [-0.39, 0.29) is 11.8 Å². The van der Waals surface area contributed by atoms with Crippen molar-refractivity contribution >= 4 is 23.4 Å². The van der Waals surface area contributed by atoms with E-state index in [1.807, 2.05) is 4.90 Å². The molecule has 0 unspecified atom stereocenters. The average molecular weight is 367 g/mol. The van der Waals surface area contributed by atoms with Gasteiger partial charge >= 0.3 is 0 Å². The standard InChI is InChI=1S/C18H18FN7O/c19-13-2-1-3-14(8-13)23-16-9-15(12-10-21-17(20)22-11-12)24-18(25-16)26-4-6-27-7-5-26/h1-3,8-11H,4-7H2,(H2,20,21,22)(H,23,24,25). The molecule has 0 bridgehead atoms. The Morgan fingerprint density at radius 2 is 1.85 bits per heavy atom. The molecule has 1 aliphatic rings. The minimum atomic E-state index is -0.324. The second-order valence-corrected chi connectivity index (χ2v) is 6.00. The van der Waals surface area contributed by atoms with Crippen molar-refractivity contribution < 1.29 is 9.13 Å². The fourth-order valence-corrected chi connectivity index (χ4v) is 2.74. The van der Waals surface area contributed by atoms with Gasteiger partial charge in [0, 0.05) is 42.8 Å². The highest BCUT2D eigenvalue weighted by Crippen LogP contribution is 2.25. The van der Waals surface area contributed by atoms with Gasteiger partial charge in [-0.05, 0) is 18.2 Å². The number of nitrogen functional groups attached to an aromatic ring is 1. The van der Waals surface area contributed by atoms with Gasteiger partial charge in [0.2, 0.25) is 11.9 Å². The molecule has 2 aromatic heterocycles. The summed E-state index contributed by atoms with van der Waals surface area (Å²) in [7, 11) is 0. The van der Waals surface area contributed by atoms with Crippen LogP contribution >= 0.6 is 0 Å². The highest BCUT2D eigenvalue weighted by atomic mass is 19.1. The SMILES string of the molecule is Nc1ncc(-c2cc(Nc3cccc(F)c3)nc(N3CCOCC3)n2)cn1. The van der Waals surface area contributed by atoms with Gasteiger partial charge in [0.1, 0.15) is 11.6 Å². The van der Waals surface area contributed by atoms with Gasteiger partial charge in [-0.1, -0.05) is 6.07 Å². The number of ether oxygens (including phenoxy) is 1. The van der Waals surface area contributed by atoms with Crippen LogP contribution in [-0.2, 0) is 4.74 Å². The van der Waals surface area contributed by atoms with E-state index in [1.165, 1.54) is 12.1 Å². The fraction of sp³-hybridized carbons (Fsp3) is 0.222. The van der Waals surface area contributed by atoms with Crippen LogP contribution in [-0.4, -0.2) is 46.2 Å². The third kappa shape index (κ3) is 4.09. The number of hydrogen-bond acceptors (Lipinski definition) is 8. The highest BCUT2D eigenvalue weighted by molar-refractivity contribution is 5.67. The van der Waals surface area contributed by atoms with Crippen molar-refractivity contribution in [1.82, 2.24) is 19.9 Å². The van der Waals surface area contributed by atoms with Crippen LogP contribution < -0.4 is 16.0 Å². The monoisotopic (exact) mass is 367 g/mol. The molecular weight excluding hydrogens is 349 g/mol. The molecule has 0 atom stereocenters. The summed E-state index contributed by atoms with van der Waals surface area (Å²) in [6.45, 7) is 2.62. The lowest BCUT2D eigenvalue weighted by molar-refractivity contribution is 0.122. The third-order valence-corrected chi connectivity index (χ3v) is 4.07. The lowest BCUT2D eigenvalue weighted by Crippen LogP contribution is -2.37. The number of nitrogens with two attached hydrogens (primary N) is 1. The topological polar surface area (TPSA) is 102 Å². The molecule has 1 aliphatic heterocycles. The number of morpholine rings is 1. The van der Waals surface area contributed by atoms with Gasteiger partial charge in [-0.2, -0.15) is 4.98 Å². The Morgan fingerprint density at radius 1 is 1.07 bits per heavy atom. The Labute approximate surface area is 155 Å². The molecular formula is C18H18FN7O. The van der Waals surface area contributed by atoms with Gasteiger partial charge in [0.25, 0.3) is 0 Å². The molecule has 1 saturated heterocycles. The molecule has 4 rings (SSSR count). The number of nitrogens with zero attached hydrogens (tertiary/aromatic N) is 5. The second kappa shape index (κ2) is 7.50. The van der Waals surface area contributed by atoms with E-state index < -0.39 is 0 Å². The first-order valence-corrected chi connectivity index (χ1v) is 8.50. The maximum absolute atomic E-state index is 13.5. The van der Waals surface area contributed by atoms with Crippen LogP contribution in [0.2, 0.25) is 0 Å². The van der Waals surface area contributed by atoms with Crippen molar-refractivity contribution in [3.05, 3.63) is 48.5 Å². The highest BCUT2D eigenvalue weighted by Gasteiger charge is 2.17. The molecule has 3 heterocycles. The van der Waals surface area contributed by atoms with Crippen molar-refractivity contribution in [3.8, 4) is 11.3 Å². The minimum Gasteiger partial charge on any atom is -0.378 e. The molecule has 9 heteroatoms. The van der Waals surface area contributed by atoms with E-state index in [4.69, 9.17) is 10.5 Å². The van der Waals surface area contributed by atoms with Crippen LogP contribution in [0.25, 0.3) is 11.3 Å². The Morgan fingerprint density at radius 3 is 2.59 bits per heavy atom. The van der Waals surface area contributed by atoms with Gasteiger partial charge in [-0.3, -0.25) is 0 Å². The zero-order chi connectivity index (χ0) is 18.6. The number of nitrogens with one attached hydrogen (secondary N) is 1. The van der Waals surface area contributed by atoms with Crippen molar-refractivity contribution in [1.29, 1.82) is 0 Å². The quantitative estimate of drug-likeness (QED) is 0.724. The first-order valence-electron chi connectivity index (χ1n) is 8.50. The van der Waals surface area contributed by atoms with Gasteiger partial charge in [0.15, 0.2) is 0 Å². The van der Waals surface area contributed by atoms with Crippen LogP contribution in [0.1, 0.15) is 0 Å². The molecule has 8 nitrogen and oxygen atoms in total. The number of benzene rings is 1. The Balaban J connectivity index is 1.72. The van der Waals surface area contributed by atoms with Crippen molar-refractivity contribution in [2.45, 2.75) is 0 Å². The first kappa shape index (κ1) is 17.1. The minimum absolute atomic E-state index is 0.194. The fourth-order valence-electron chi connectivity index (χ4n) is 2.74. The summed E-state index contributed by atoms with van der Waals surface area (Å²) in [5.74, 6) is 0.976. The number of aromatic nitrogens is 4. The first-order chi connectivity index (χ1) is 13.2. The Bertz CT molecular complexity index is 929. The number of halogens is 1. The van der Waals surface area contributed by atoms with Gasteiger partial charge in [-0.25, -0.2) is 19.3 Å². The van der Waals surface area contributed by atoms with E-state index >= 15 is 0 Å². The summed E-state index contributed by atoms with van der Waals surface area (Å²) in [5, 5.41) is 3.13. The van der Waals surface area contributed by atoms with Crippen LogP contribution in [0, 0.1) is 5.82 Å². The molecule has 1 aromatic carbocycles. The molecule has 3 N–H and O–H groups in total. The van der Waals surface area contributed by atoms with E-state index in [2.05, 4.69) is 25.3 Å². The normalized spacial score (nSPS) is 14.2. The summed E-state index contributed by atoms with van der Waals surface area (Å²) < 4.78 is 18.9. The van der Waals surface area contributed by atoms with Crippen LogP contribution in [0.15, 0.2) is 42.7 Å². The van der Waals surface area contributed by atoms with Gasteiger partial charge < -0.3 is 20.7 Å². The molecule has 0 amide bonds. The lowest BCUT2D eigenvalue weighted by atomic mass is 10.2. The largest absolute Gasteiger partial charge is 0.378 e. The summed E-state index contributed by atoms with van der Waals surface area (Å²) in [4.78, 5) is 19.3. The summed E-state index contributed by atoms with van der Waals surface area (Å²) in [6.07, 6.45) is 3.22. The third-order valence-electron chi connectivity index (χ3n) is 4.07. The van der Waals surface area contributed by atoms with Crippen molar-refractivity contribution in [2.75, 3.05) is 42.3 Å².